The number of hydrogen-bond acceptors (Lipinski definition) is 6. The molecule has 0 spiro atoms. The number of nitrogens with zero attached hydrogens (tertiary/aromatic N) is 1. The molecular formula is C33H25NO5. The maximum Gasteiger partial charge on any atom is 0.343 e. The topological polar surface area (TPSA) is 82.6 Å². The van der Waals surface area contributed by atoms with Crippen LogP contribution in [0.5, 0.6) is 5.75 Å². The minimum absolute atomic E-state index is 0.306. The van der Waals surface area contributed by atoms with Gasteiger partial charge in [-0.15, -0.1) is 0 Å². The van der Waals surface area contributed by atoms with Crippen LogP contribution in [0.25, 0.3) is 22.2 Å². The zero-order valence-corrected chi connectivity index (χ0v) is 21.5. The van der Waals surface area contributed by atoms with Crippen LogP contribution in [0.4, 0.5) is 0 Å². The van der Waals surface area contributed by atoms with Crippen molar-refractivity contribution in [2.75, 3.05) is 6.61 Å². The van der Waals surface area contributed by atoms with Gasteiger partial charge in [0.15, 0.2) is 12.4 Å². The summed E-state index contributed by atoms with van der Waals surface area (Å²) in [6.07, 6.45) is 0. The number of aromatic nitrogens is 1. The Hall–Kier alpha value is -5.10. The molecule has 1 aromatic heterocycles. The molecule has 0 unspecified atom stereocenters. The molecule has 6 heteroatoms. The van der Waals surface area contributed by atoms with Gasteiger partial charge in [-0.1, -0.05) is 65.7 Å². The number of esters is 2. The molecule has 0 fully saturated rings. The molecular weight excluding hydrogens is 490 g/mol. The Balaban J connectivity index is 1.27. The Morgan fingerprint density at radius 2 is 1.31 bits per heavy atom. The van der Waals surface area contributed by atoms with Gasteiger partial charge in [0, 0.05) is 16.5 Å². The second-order valence-electron chi connectivity index (χ2n) is 9.22. The van der Waals surface area contributed by atoms with Crippen molar-refractivity contribution in [3.8, 4) is 17.0 Å². The number of pyridine rings is 1. The summed E-state index contributed by atoms with van der Waals surface area (Å²) < 4.78 is 10.8. The molecule has 0 saturated heterocycles. The molecule has 6 nitrogen and oxygen atoms in total. The zero-order valence-electron chi connectivity index (χ0n) is 21.5. The minimum Gasteiger partial charge on any atom is -0.454 e. The van der Waals surface area contributed by atoms with Crippen molar-refractivity contribution in [1.82, 2.24) is 4.98 Å². The Labute approximate surface area is 225 Å². The maximum absolute atomic E-state index is 13.1. The Morgan fingerprint density at radius 1 is 0.692 bits per heavy atom. The van der Waals surface area contributed by atoms with Crippen LogP contribution in [0.1, 0.15) is 42.2 Å². The number of ketones is 1. The van der Waals surface area contributed by atoms with Crippen molar-refractivity contribution in [2.45, 2.75) is 13.8 Å². The summed E-state index contributed by atoms with van der Waals surface area (Å²) in [4.78, 5) is 42.9. The molecule has 0 saturated carbocycles. The summed E-state index contributed by atoms with van der Waals surface area (Å²) in [5.74, 6) is -1.17. The third kappa shape index (κ3) is 5.91. The van der Waals surface area contributed by atoms with Crippen molar-refractivity contribution in [3.63, 3.8) is 0 Å². The highest BCUT2D eigenvalue weighted by atomic mass is 16.5. The number of fused-ring (bicyclic) bond motifs is 1. The van der Waals surface area contributed by atoms with E-state index in [2.05, 4.69) is 0 Å². The third-order valence-corrected chi connectivity index (χ3v) is 6.29. The van der Waals surface area contributed by atoms with Crippen molar-refractivity contribution in [2.24, 2.45) is 0 Å². The quantitative estimate of drug-likeness (QED) is 0.135. The lowest BCUT2D eigenvalue weighted by atomic mass is 10.0. The second-order valence-corrected chi connectivity index (χ2v) is 9.22. The molecule has 0 atom stereocenters. The number of aryl methyl sites for hydroxylation is 2. The predicted octanol–water partition coefficient (Wildman–Crippen LogP) is 6.78. The van der Waals surface area contributed by atoms with Gasteiger partial charge < -0.3 is 9.47 Å². The predicted molar refractivity (Wildman–Crippen MR) is 149 cm³/mol. The van der Waals surface area contributed by atoms with E-state index in [9.17, 15) is 14.4 Å². The van der Waals surface area contributed by atoms with Crippen LogP contribution in [0.2, 0.25) is 0 Å². The van der Waals surface area contributed by atoms with Gasteiger partial charge in [-0.3, -0.25) is 4.79 Å². The molecule has 0 bridgehead atoms. The first-order valence-corrected chi connectivity index (χ1v) is 12.4. The number of rotatable bonds is 7. The molecule has 1 heterocycles. The number of ether oxygens (including phenoxy) is 2. The largest absolute Gasteiger partial charge is 0.454 e. The van der Waals surface area contributed by atoms with Crippen molar-refractivity contribution in [1.29, 1.82) is 0 Å². The van der Waals surface area contributed by atoms with E-state index in [1.807, 2.05) is 68.4 Å². The van der Waals surface area contributed by atoms with E-state index in [0.717, 1.165) is 16.7 Å². The first kappa shape index (κ1) is 25.5. The Kier molecular flexibility index (Phi) is 7.28. The van der Waals surface area contributed by atoms with E-state index in [4.69, 9.17) is 14.5 Å². The molecule has 0 aliphatic heterocycles. The van der Waals surface area contributed by atoms with E-state index in [-0.39, 0.29) is 5.78 Å². The van der Waals surface area contributed by atoms with Crippen molar-refractivity contribution < 1.29 is 23.9 Å². The van der Waals surface area contributed by atoms with E-state index < -0.39 is 18.5 Å². The molecule has 39 heavy (non-hydrogen) atoms. The van der Waals surface area contributed by atoms with Gasteiger partial charge in [-0.2, -0.15) is 0 Å². The van der Waals surface area contributed by atoms with Crippen LogP contribution in [-0.2, 0) is 4.74 Å². The van der Waals surface area contributed by atoms with Crippen LogP contribution in [0.3, 0.4) is 0 Å². The lowest BCUT2D eigenvalue weighted by Crippen LogP contribution is -2.15. The number of Topliss-reactive ketones (excluding diaryl/α,β-unsaturated/α-hetero) is 1. The fourth-order valence-corrected chi connectivity index (χ4v) is 4.07. The number of carbonyl (C=O) groups excluding carboxylic acids is 3. The number of hydrogen-bond donors (Lipinski definition) is 0. The van der Waals surface area contributed by atoms with Crippen molar-refractivity contribution >= 4 is 28.6 Å². The smallest absolute Gasteiger partial charge is 0.343 e. The molecule has 0 N–H and O–H groups in total. The highest BCUT2D eigenvalue weighted by Crippen LogP contribution is 2.26. The summed E-state index contributed by atoms with van der Waals surface area (Å²) in [6, 6.07) is 30.1. The average Bonchev–Trinajstić information content (AvgIpc) is 2.96. The molecule has 0 radical (unpaired) electrons. The molecule has 4 aromatic carbocycles. The van der Waals surface area contributed by atoms with Gasteiger partial charge in [0.2, 0.25) is 0 Å². The first-order valence-electron chi connectivity index (χ1n) is 12.4. The fourth-order valence-electron chi connectivity index (χ4n) is 4.07. The maximum atomic E-state index is 13.1. The summed E-state index contributed by atoms with van der Waals surface area (Å²) in [5.41, 5.74) is 5.43. The fraction of sp³-hybridized carbons (Fsp3) is 0.0909. The van der Waals surface area contributed by atoms with Gasteiger partial charge >= 0.3 is 11.9 Å². The van der Waals surface area contributed by atoms with E-state index >= 15 is 0 Å². The third-order valence-electron chi connectivity index (χ3n) is 6.29. The van der Waals surface area contributed by atoms with E-state index in [0.29, 0.717) is 39.0 Å². The summed E-state index contributed by atoms with van der Waals surface area (Å²) in [5, 5.41) is 0.644. The van der Waals surface area contributed by atoms with Gasteiger partial charge in [0.25, 0.3) is 0 Å². The number of carbonyl (C=O) groups is 3. The summed E-state index contributed by atoms with van der Waals surface area (Å²) >= 11 is 0. The van der Waals surface area contributed by atoms with Gasteiger partial charge in [-0.25, -0.2) is 14.6 Å². The van der Waals surface area contributed by atoms with Gasteiger partial charge in [-0.05, 0) is 62.4 Å². The molecule has 5 aromatic rings. The van der Waals surface area contributed by atoms with Crippen LogP contribution in [0, 0.1) is 13.8 Å². The zero-order chi connectivity index (χ0) is 27.4. The summed E-state index contributed by atoms with van der Waals surface area (Å²) in [6.45, 7) is 3.50. The van der Waals surface area contributed by atoms with Gasteiger partial charge in [0.1, 0.15) is 5.75 Å². The molecule has 5 rings (SSSR count). The summed E-state index contributed by atoms with van der Waals surface area (Å²) in [7, 11) is 0. The highest BCUT2D eigenvalue weighted by molar-refractivity contribution is 6.06. The Bertz CT molecular complexity index is 1670. The Morgan fingerprint density at radius 3 is 2.00 bits per heavy atom. The van der Waals surface area contributed by atoms with Gasteiger partial charge in [0.05, 0.1) is 22.3 Å². The average molecular weight is 516 g/mol. The van der Waals surface area contributed by atoms with Crippen LogP contribution in [0.15, 0.2) is 103 Å². The van der Waals surface area contributed by atoms with Crippen LogP contribution in [-0.4, -0.2) is 29.3 Å². The number of para-hydroxylation sites is 1. The second kappa shape index (κ2) is 11.1. The lowest BCUT2D eigenvalue weighted by molar-refractivity contribution is 0.0476. The minimum atomic E-state index is -0.612. The molecule has 0 aliphatic carbocycles. The SMILES string of the molecule is Cc1ccc(C(=O)Oc2ccc(C(=O)COC(=O)c3cc(-c4ccc(C)cc4)nc4ccccc34)cc2)cc1. The highest BCUT2D eigenvalue weighted by Gasteiger charge is 2.17. The standard InChI is InChI=1S/C33H25NO5/c1-21-7-11-23(12-8-21)30-19-28(27-5-3-4-6-29(27)34-30)33(37)38-20-31(35)24-15-17-26(18-16-24)39-32(36)25-13-9-22(2)10-14-25/h3-19H,20H2,1-2H3. The first-order chi connectivity index (χ1) is 18.9. The van der Waals surface area contributed by atoms with Crippen LogP contribution >= 0.6 is 0 Å². The number of benzene rings is 4. The van der Waals surface area contributed by atoms with Crippen molar-refractivity contribution in [3.05, 3.63) is 131 Å². The normalized spacial score (nSPS) is 10.7. The molecule has 192 valence electrons. The monoisotopic (exact) mass is 515 g/mol. The van der Waals surface area contributed by atoms with E-state index in [1.54, 1.807) is 24.3 Å². The van der Waals surface area contributed by atoms with E-state index in [1.165, 1.54) is 24.3 Å². The lowest BCUT2D eigenvalue weighted by Gasteiger charge is -2.10. The molecule has 0 amide bonds. The van der Waals surface area contributed by atoms with Crippen LogP contribution < -0.4 is 4.74 Å². The molecule has 0 aliphatic rings.